The van der Waals surface area contributed by atoms with Gasteiger partial charge in [-0.3, -0.25) is 4.68 Å². The Morgan fingerprint density at radius 1 is 1.70 bits per heavy atom. The molecule has 0 bridgehead atoms. The molecule has 0 aliphatic carbocycles. The first-order valence-corrected chi connectivity index (χ1v) is 3.30. The molecule has 10 heavy (non-hydrogen) atoms. The average Bonchev–Trinajstić information content (AvgIpc) is 2.27. The first-order valence-electron chi connectivity index (χ1n) is 3.30. The summed E-state index contributed by atoms with van der Waals surface area (Å²) in [5.41, 5.74) is 1.27. The predicted octanol–water partition coefficient (Wildman–Crippen LogP) is 0.902. The number of nitrogens with one attached hydrogen (secondary N) is 1. The fraction of sp³-hybridized carbons (Fsp3) is 0.286. The van der Waals surface area contributed by atoms with Crippen molar-refractivity contribution in [2.24, 2.45) is 7.05 Å². The molecule has 2 heterocycles. The minimum absolute atomic E-state index is 0.991. The maximum absolute atomic E-state index is 4.21. The summed E-state index contributed by atoms with van der Waals surface area (Å²) in [6.07, 6.45) is 7.04. The Balaban J connectivity index is 2.46. The molecule has 0 unspecified atom stereocenters. The zero-order valence-corrected chi connectivity index (χ0v) is 5.83. The fourth-order valence-electron chi connectivity index (χ4n) is 1.13. The molecule has 3 nitrogen and oxygen atoms in total. The lowest BCUT2D eigenvalue weighted by atomic mass is 10.2. The smallest absolute Gasteiger partial charge is 0.155 e. The lowest BCUT2D eigenvalue weighted by Gasteiger charge is -2.02. The number of anilines is 1. The summed E-state index contributed by atoms with van der Waals surface area (Å²) in [6, 6.07) is 0. The van der Waals surface area contributed by atoms with Gasteiger partial charge in [0.25, 0.3) is 0 Å². The average molecular weight is 135 g/mol. The third kappa shape index (κ3) is 0.708. The number of aromatic nitrogens is 2. The maximum Gasteiger partial charge on any atom is 0.155 e. The monoisotopic (exact) mass is 135 g/mol. The first kappa shape index (κ1) is 5.53. The normalized spacial score (nSPS) is 14.5. The Kier molecular flexibility index (Phi) is 1.03. The molecule has 0 saturated heterocycles. The second-order valence-corrected chi connectivity index (χ2v) is 2.43. The van der Waals surface area contributed by atoms with Crippen molar-refractivity contribution in [3.8, 4) is 0 Å². The highest BCUT2D eigenvalue weighted by Gasteiger charge is 2.06. The van der Waals surface area contributed by atoms with Crippen LogP contribution < -0.4 is 5.32 Å². The summed E-state index contributed by atoms with van der Waals surface area (Å²) in [7, 11) is 1.93. The Bertz CT molecular complexity index is 247. The van der Waals surface area contributed by atoms with Crippen LogP contribution >= 0.6 is 0 Å². The zero-order valence-electron chi connectivity index (χ0n) is 5.83. The molecule has 0 radical (unpaired) electrons. The van der Waals surface area contributed by atoms with Gasteiger partial charge in [-0.1, -0.05) is 6.08 Å². The summed E-state index contributed by atoms with van der Waals surface area (Å²) >= 11 is 0. The van der Waals surface area contributed by atoms with Gasteiger partial charge in [-0.25, -0.2) is 0 Å². The van der Waals surface area contributed by atoms with E-state index in [1.165, 1.54) is 5.56 Å². The largest absolute Gasteiger partial charge is 0.345 e. The van der Waals surface area contributed by atoms with Gasteiger partial charge in [0.05, 0.1) is 0 Å². The third-order valence-electron chi connectivity index (χ3n) is 1.58. The second kappa shape index (κ2) is 1.87. The number of nitrogens with zero attached hydrogens (tertiary/aromatic N) is 2. The number of rotatable bonds is 0. The summed E-state index contributed by atoms with van der Waals surface area (Å²) in [5.74, 6) is 0.991. The topological polar surface area (TPSA) is 29.9 Å². The van der Waals surface area contributed by atoms with Crippen LogP contribution in [0.1, 0.15) is 5.56 Å². The summed E-state index contributed by atoms with van der Waals surface area (Å²) in [4.78, 5) is 0. The van der Waals surface area contributed by atoms with Crippen LogP contribution in [0.4, 0.5) is 5.82 Å². The molecule has 3 heteroatoms. The van der Waals surface area contributed by atoms with Crippen molar-refractivity contribution >= 4 is 5.82 Å². The van der Waals surface area contributed by atoms with Crippen LogP contribution in [0.2, 0.25) is 0 Å². The Morgan fingerprint density at radius 3 is 3.40 bits per heavy atom. The highest BCUT2D eigenvalue weighted by molar-refractivity contribution is 5.48. The van der Waals surface area contributed by atoms with Crippen LogP contribution in [0.25, 0.3) is 0 Å². The lowest BCUT2D eigenvalue weighted by Crippen LogP contribution is -1.97. The SMILES string of the molecule is Cn1cc2c(n1)NC=CC2. The van der Waals surface area contributed by atoms with Crippen molar-refractivity contribution in [2.45, 2.75) is 6.42 Å². The van der Waals surface area contributed by atoms with Gasteiger partial charge < -0.3 is 5.32 Å². The molecule has 2 rings (SSSR count). The van der Waals surface area contributed by atoms with Gasteiger partial charge in [-0.15, -0.1) is 0 Å². The van der Waals surface area contributed by atoms with E-state index in [-0.39, 0.29) is 0 Å². The molecule has 1 aliphatic rings. The van der Waals surface area contributed by atoms with E-state index in [4.69, 9.17) is 0 Å². The highest BCUT2D eigenvalue weighted by atomic mass is 15.3. The summed E-state index contributed by atoms with van der Waals surface area (Å²) in [6.45, 7) is 0. The van der Waals surface area contributed by atoms with E-state index >= 15 is 0 Å². The minimum Gasteiger partial charge on any atom is -0.345 e. The molecule has 0 saturated carbocycles. The van der Waals surface area contributed by atoms with Gasteiger partial charge >= 0.3 is 0 Å². The number of fused-ring (bicyclic) bond motifs is 1. The fourth-order valence-corrected chi connectivity index (χ4v) is 1.13. The zero-order chi connectivity index (χ0) is 6.97. The van der Waals surface area contributed by atoms with Crippen LogP contribution in [0.5, 0.6) is 0 Å². The van der Waals surface area contributed by atoms with Crippen molar-refractivity contribution in [1.29, 1.82) is 0 Å². The molecule has 1 aliphatic heterocycles. The van der Waals surface area contributed by atoms with Crippen molar-refractivity contribution in [1.82, 2.24) is 9.78 Å². The van der Waals surface area contributed by atoms with Gasteiger partial charge in [0.15, 0.2) is 5.82 Å². The number of hydrogen-bond donors (Lipinski definition) is 1. The number of allylic oxidation sites excluding steroid dienone is 1. The molecule has 0 aromatic carbocycles. The van der Waals surface area contributed by atoms with Gasteiger partial charge in [-0.05, 0) is 12.6 Å². The van der Waals surface area contributed by atoms with E-state index in [9.17, 15) is 0 Å². The van der Waals surface area contributed by atoms with Crippen molar-refractivity contribution < 1.29 is 0 Å². The highest BCUT2D eigenvalue weighted by Crippen LogP contribution is 2.16. The van der Waals surface area contributed by atoms with Crippen LogP contribution in [-0.2, 0) is 13.5 Å². The summed E-state index contributed by atoms with van der Waals surface area (Å²) in [5, 5.41) is 7.28. The van der Waals surface area contributed by atoms with E-state index in [0.29, 0.717) is 0 Å². The van der Waals surface area contributed by atoms with Crippen molar-refractivity contribution in [3.05, 3.63) is 24.0 Å². The number of hydrogen-bond acceptors (Lipinski definition) is 2. The second-order valence-electron chi connectivity index (χ2n) is 2.43. The molecule has 1 N–H and O–H groups in total. The van der Waals surface area contributed by atoms with E-state index in [1.807, 2.05) is 24.1 Å². The minimum atomic E-state index is 0.991. The molecule has 0 fully saturated rings. The van der Waals surface area contributed by atoms with Gasteiger partial charge in [0.2, 0.25) is 0 Å². The first-order chi connectivity index (χ1) is 4.86. The van der Waals surface area contributed by atoms with Gasteiger partial charge in [0.1, 0.15) is 0 Å². The van der Waals surface area contributed by atoms with Gasteiger partial charge in [0, 0.05) is 18.8 Å². The molecule has 0 amide bonds. The predicted molar refractivity (Wildman–Crippen MR) is 39.7 cm³/mol. The van der Waals surface area contributed by atoms with Crippen LogP contribution in [0, 0.1) is 0 Å². The molecule has 52 valence electrons. The standard InChI is InChI=1S/C7H9N3/c1-10-5-6-3-2-4-8-7(6)9-10/h2,4-5H,3H2,1H3,(H,8,9). The quantitative estimate of drug-likeness (QED) is 0.572. The molecule has 1 aromatic rings. The molecule has 0 atom stereocenters. The van der Waals surface area contributed by atoms with E-state index in [2.05, 4.69) is 16.5 Å². The van der Waals surface area contributed by atoms with E-state index in [1.54, 1.807) is 0 Å². The molecule has 1 aromatic heterocycles. The lowest BCUT2D eigenvalue weighted by molar-refractivity contribution is 0.771. The van der Waals surface area contributed by atoms with E-state index in [0.717, 1.165) is 12.2 Å². The van der Waals surface area contributed by atoms with Gasteiger partial charge in [-0.2, -0.15) is 5.10 Å². The Hall–Kier alpha value is -1.25. The molecular weight excluding hydrogens is 126 g/mol. The molecule has 0 spiro atoms. The molecular formula is C7H9N3. The van der Waals surface area contributed by atoms with Crippen LogP contribution in [0.3, 0.4) is 0 Å². The van der Waals surface area contributed by atoms with Crippen LogP contribution in [0.15, 0.2) is 18.5 Å². The maximum atomic E-state index is 4.21. The van der Waals surface area contributed by atoms with Crippen LogP contribution in [-0.4, -0.2) is 9.78 Å². The van der Waals surface area contributed by atoms with Crippen molar-refractivity contribution in [2.75, 3.05) is 5.32 Å². The van der Waals surface area contributed by atoms with E-state index < -0.39 is 0 Å². The van der Waals surface area contributed by atoms with Crippen molar-refractivity contribution in [3.63, 3.8) is 0 Å². The Morgan fingerprint density at radius 2 is 2.60 bits per heavy atom. The Labute approximate surface area is 59.4 Å². The number of aryl methyl sites for hydroxylation is 1. The summed E-state index contributed by atoms with van der Waals surface area (Å²) < 4.78 is 1.82. The third-order valence-corrected chi connectivity index (χ3v) is 1.58.